The van der Waals surface area contributed by atoms with Crippen molar-refractivity contribution in [3.8, 4) is 0 Å². The molecule has 8 nitrogen and oxygen atoms in total. The highest BCUT2D eigenvalue weighted by Gasteiger charge is 2.17. The van der Waals surface area contributed by atoms with Crippen molar-refractivity contribution in [1.82, 2.24) is 24.5 Å². The van der Waals surface area contributed by atoms with E-state index in [-0.39, 0.29) is 17.9 Å². The van der Waals surface area contributed by atoms with E-state index in [1.807, 2.05) is 52.9 Å². The van der Waals surface area contributed by atoms with Crippen molar-refractivity contribution in [2.24, 2.45) is 0 Å². The van der Waals surface area contributed by atoms with Gasteiger partial charge in [-0.1, -0.05) is 42.5 Å². The molecule has 1 N–H and O–H groups in total. The van der Waals surface area contributed by atoms with Gasteiger partial charge in [-0.15, -0.1) is 10.2 Å². The molecule has 4 aromatic rings. The Hall–Kier alpha value is -3.52. The fourth-order valence-electron chi connectivity index (χ4n) is 3.49. The molecule has 2 aromatic carbocycles. The van der Waals surface area contributed by atoms with E-state index in [1.54, 1.807) is 17.7 Å². The molecule has 2 aromatic heterocycles. The summed E-state index contributed by atoms with van der Waals surface area (Å²) in [5.74, 6) is 1.04. The van der Waals surface area contributed by atoms with Crippen molar-refractivity contribution in [3.05, 3.63) is 76.3 Å². The van der Waals surface area contributed by atoms with Crippen LogP contribution < -0.4 is 10.9 Å². The van der Waals surface area contributed by atoms with Crippen molar-refractivity contribution in [1.29, 1.82) is 0 Å². The van der Waals surface area contributed by atoms with Crippen LogP contribution in [0.3, 0.4) is 0 Å². The minimum absolute atomic E-state index is 0.0780. The highest BCUT2D eigenvalue weighted by molar-refractivity contribution is 5.80. The normalized spacial score (nSPS) is 11.2. The monoisotopic (exact) mass is 405 g/mol. The predicted octanol–water partition coefficient (Wildman–Crippen LogP) is 1.79. The second-order valence-corrected chi connectivity index (χ2v) is 6.99. The fourth-order valence-corrected chi connectivity index (χ4v) is 3.49. The Bertz CT molecular complexity index is 1230. The zero-order valence-corrected chi connectivity index (χ0v) is 16.7. The maximum Gasteiger partial charge on any atom is 0.263 e. The van der Waals surface area contributed by atoms with Gasteiger partial charge in [0.05, 0.1) is 24.1 Å². The van der Waals surface area contributed by atoms with E-state index in [9.17, 15) is 9.59 Å². The molecule has 0 aliphatic carbocycles. The number of nitrogens with zero attached hydrogens (tertiary/aromatic N) is 4. The van der Waals surface area contributed by atoms with E-state index in [0.717, 1.165) is 11.1 Å². The summed E-state index contributed by atoms with van der Waals surface area (Å²) in [6, 6.07) is 17.2. The minimum atomic E-state index is -0.113. The summed E-state index contributed by atoms with van der Waals surface area (Å²) < 4.78 is 8.46. The van der Waals surface area contributed by atoms with Crippen LogP contribution in [0.15, 0.2) is 59.4 Å². The molecule has 0 atom stereocenters. The quantitative estimate of drug-likeness (QED) is 0.452. The molecular weight excluding hydrogens is 382 g/mol. The van der Waals surface area contributed by atoms with Gasteiger partial charge in [0.2, 0.25) is 11.7 Å². The Morgan fingerprint density at radius 3 is 2.63 bits per heavy atom. The average molecular weight is 405 g/mol. The Morgan fingerprint density at radius 1 is 1.07 bits per heavy atom. The maximum atomic E-state index is 13.2. The third-order valence-corrected chi connectivity index (χ3v) is 4.96. The summed E-state index contributed by atoms with van der Waals surface area (Å²) in [6.07, 6.45) is 0.685. The third-order valence-electron chi connectivity index (χ3n) is 4.96. The van der Waals surface area contributed by atoms with Gasteiger partial charge in [0.1, 0.15) is 5.82 Å². The van der Waals surface area contributed by atoms with Crippen molar-refractivity contribution >= 4 is 22.6 Å². The first-order valence-electron chi connectivity index (χ1n) is 9.84. The lowest BCUT2D eigenvalue weighted by Crippen LogP contribution is -2.27. The van der Waals surface area contributed by atoms with E-state index in [1.165, 1.54) is 0 Å². The molecule has 154 valence electrons. The highest BCUT2D eigenvalue weighted by Crippen LogP contribution is 2.16. The Kier molecular flexibility index (Phi) is 5.85. The number of hydrogen-bond donors (Lipinski definition) is 1. The molecule has 30 heavy (non-hydrogen) atoms. The van der Waals surface area contributed by atoms with Crippen LogP contribution in [0.25, 0.3) is 16.7 Å². The summed E-state index contributed by atoms with van der Waals surface area (Å²) in [6.45, 7) is 1.33. The Labute approximate surface area is 173 Å². The van der Waals surface area contributed by atoms with Crippen LogP contribution in [0.5, 0.6) is 0 Å². The van der Waals surface area contributed by atoms with Crippen molar-refractivity contribution < 1.29 is 9.53 Å². The predicted molar refractivity (Wildman–Crippen MR) is 114 cm³/mol. The number of carbonyl (C=O) groups excluding carboxylic acids is 1. The first kappa shape index (κ1) is 19.8. The summed E-state index contributed by atoms with van der Waals surface area (Å²) in [4.78, 5) is 25.3. The molecule has 0 bridgehead atoms. The lowest BCUT2D eigenvalue weighted by molar-refractivity contribution is -0.121. The largest absolute Gasteiger partial charge is 0.383 e. The maximum absolute atomic E-state index is 13.2. The number of ether oxygens (including phenoxy) is 1. The number of aryl methyl sites for hydroxylation is 1. The van der Waals surface area contributed by atoms with Gasteiger partial charge in [0.15, 0.2) is 0 Å². The van der Waals surface area contributed by atoms with Crippen LogP contribution in [0.2, 0.25) is 0 Å². The molecule has 0 saturated heterocycles. The Balaban J connectivity index is 1.73. The number of amides is 1. The van der Waals surface area contributed by atoms with Gasteiger partial charge in [-0.2, -0.15) is 0 Å². The van der Waals surface area contributed by atoms with Gasteiger partial charge < -0.3 is 10.1 Å². The van der Waals surface area contributed by atoms with Crippen molar-refractivity contribution in [2.75, 3.05) is 20.3 Å². The number of hydrogen-bond acceptors (Lipinski definition) is 5. The van der Waals surface area contributed by atoms with Gasteiger partial charge in [-0.25, -0.2) is 0 Å². The molecule has 8 heteroatoms. The number of benzene rings is 2. The topological polar surface area (TPSA) is 90.5 Å². The lowest BCUT2D eigenvalue weighted by Gasteiger charge is -2.11. The number of nitrogens with one attached hydrogen (secondary N) is 1. The van der Waals surface area contributed by atoms with Crippen LogP contribution in [0.1, 0.15) is 17.8 Å². The summed E-state index contributed by atoms with van der Waals surface area (Å²) in [5.41, 5.74) is 1.62. The first-order valence-corrected chi connectivity index (χ1v) is 9.84. The van der Waals surface area contributed by atoms with Gasteiger partial charge >= 0.3 is 0 Å². The van der Waals surface area contributed by atoms with Crippen LogP contribution >= 0.6 is 0 Å². The van der Waals surface area contributed by atoms with Gasteiger partial charge in [0.25, 0.3) is 5.56 Å². The van der Waals surface area contributed by atoms with Gasteiger partial charge in [-0.05, 0) is 17.7 Å². The summed E-state index contributed by atoms with van der Waals surface area (Å²) >= 11 is 0. The van der Waals surface area contributed by atoms with Crippen LogP contribution in [0.4, 0.5) is 0 Å². The number of methoxy groups -OCH3 is 1. The molecule has 0 radical (unpaired) electrons. The van der Waals surface area contributed by atoms with E-state index >= 15 is 0 Å². The molecular formula is C22H23N5O3. The minimum Gasteiger partial charge on any atom is -0.383 e. The molecule has 0 saturated carbocycles. The van der Waals surface area contributed by atoms with Crippen molar-refractivity contribution in [2.45, 2.75) is 19.4 Å². The Morgan fingerprint density at radius 2 is 1.83 bits per heavy atom. The number of carbonyl (C=O) groups is 1. The number of fused-ring (bicyclic) bond motifs is 3. The number of aromatic nitrogens is 4. The zero-order chi connectivity index (χ0) is 20.9. The van der Waals surface area contributed by atoms with Crippen LogP contribution in [-0.2, 0) is 22.5 Å². The molecule has 0 unspecified atom stereocenters. The molecule has 0 fully saturated rings. The number of rotatable bonds is 8. The molecule has 4 rings (SSSR count). The van der Waals surface area contributed by atoms with Crippen LogP contribution in [0, 0.1) is 0 Å². The third kappa shape index (κ3) is 3.95. The highest BCUT2D eigenvalue weighted by atomic mass is 16.5. The van der Waals surface area contributed by atoms with E-state index in [4.69, 9.17) is 4.74 Å². The van der Waals surface area contributed by atoms with Gasteiger partial charge in [0, 0.05) is 26.5 Å². The second kappa shape index (κ2) is 8.87. The molecule has 1 amide bonds. The first-order chi connectivity index (χ1) is 14.7. The average Bonchev–Trinajstić information content (AvgIpc) is 3.20. The molecule has 0 aliphatic rings. The SMILES string of the molecule is COCCNC(=O)CCc1nnc2n(Cc3ccccc3)c(=O)c3ccccc3n12. The number of para-hydroxylation sites is 1. The lowest BCUT2D eigenvalue weighted by atomic mass is 10.2. The molecule has 0 aliphatic heterocycles. The van der Waals surface area contributed by atoms with Crippen molar-refractivity contribution in [3.63, 3.8) is 0 Å². The zero-order valence-electron chi connectivity index (χ0n) is 16.7. The van der Waals surface area contributed by atoms with E-state index < -0.39 is 0 Å². The standard InChI is InChI=1S/C22H23N5O3/c1-30-14-13-23-20(28)12-11-19-24-25-22-26(15-16-7-3-2-4-8-16)21(29)17-9-5-6-10-18(17)27(19)22/h2-10H,11-15H2,1H3,(H,23,28). The fraction of sp³-hybridized carbons (Fsp3) is 0.273. The van der Waals surface area contributed by atoms with E-state index in [0.29, 0.717) is 43.1 Å². The smallest absolute Gasteiger partial charge is 0.263 e. The molecule has 0 spiro atoms. The second-order valence-electron chi connectivity index (χ2n) is 6.99. The summed E-state index contributed by atoms with van der Waals surface area (Å²) in [5, 5.41) is 12.0. The summed E-state index contributed by atoms with van der Waals surface area (Å²) in [7, 11) is 1.59. The van der Waals surface area contributed by atoms with E-state index in [2.05, 4.69) is 15.5 Å². The molecule has 2 heterocycles. The van der Waals surface area contributed by atoms with Crippen LogP contribution in [-0.4, -0.2) is 45.3 Å². The van der Waals surface area contributed by atoms with Gasteiger partial charge in [-0.3, -0.25) is 18.6 Å².